The number of aldehydes is 1. The van der Waals surface area contributed by atoms with Crippen LogP contribution in [0.4, 0.5) is 0 Å². The first-order valence-corrected chi connectivity index (χ1v) is 5.37. The van der Waals surface area contributed by atoms with Gasteiger partial charge in [0.2, 0.25) is 0 Å². The van der Waals surface area contributed by atoms with Crippen molar-refractivity contribution in [1.29, 1.82) is 0 Å². The lowest BCUT2D eigenvalue weighted by Crippen LogP contribution is -2.13. The number of nitrogens with one attached hydrogen (secondary N) is 1. The van der Waals surface area contributed by atoms with Crippen LogP contribution in [0.15, 0.2) is 11.8 Å². The Balaban J connectivity index is 3.54. The van der Waals surface area contributed by atoms with E-state index < -0.39 is 10.1 Å². The van der Waals surface area contributed by atoms with Crippen LogP contribution in [0, 0.1) is 0 Å². The van der Waals surface area contributed by atoms with Crippen LogP contribution in [0.1, 0.15) is 13.3 Å². The SMILES string of the molecule is CC(C=O)=CNCCCS(=O)(=O)O. The van der Waals surface area contributed by atoms with E-state index in [1.54, 1.807) is 6.92 Å². The third-order valence-electron chi connectivity index (χ3n) is 1.24. The predicted octanol–water partition coefficient (Wildman–Crippen LogP) is -0.0434. The summed E-state index contributed by atoms with van der Waals surface area (Å²) >= 11 is 0. The van der Waals surface area contributed by atoms with Gasteiger partial charge in [0.1, 0.15) is 6.29 Å². The molecule has 6 heteroatoms. The van der Waals surface area contributed by atoms with E-state index in [0.29, 0.717) is 24.8 Å². The average Bonchev–Trinajstić information content (AvgIpc) is 2.01. The first kappa shape index (κ1) is 12.1. The van der Waals surface area contributed by atoms with E-state index in [9.17, 15) is 13.2 Å². The van der Waals surface area contributed by atoms with Crippen molar-refractivity contribution >= 4 is 16.4 Å². The number of hydrogen-bond acceptors (Lipinski definition) is 4. The van der Waals surface area contributed by atoms with Crippen molar-refractivity contribution in [2.45, 2.75) is 13.3 Å². The molecular formula is C7H13NO4S. The molecule has 0 aromatic heterocycles. The van der Waals surface area contributed by atoms with Crippen molar-refractivity contribution in [2.24, 2.45) is 0 Å². The Kier molecular flexibility index (Phi) is 5.33. The highest BCUT2D eigenvalue weighted by Gasteiger charge is 2.01. The Morgan fingerprint density at radius 2 is 2.15 bits per heavy atom. The molecule has 5 nitrogen and oxygen atoms in total. The van der Waals surface area contributed by atoms with Crippen molar-refractivity contribution in [3.05, 3.63) is 11.8 Å². The Bertz CT molecular complexity index is 281. The van der Waals surface area contributed by atoms with Crippen LogP contribution in [0.3, 0.4) is 0 Å². The molecular weight excluding hydrogens is 194 g/mol. The van der Waals surface area contributed by atoms with Gasteiger partial charge in [-0.25, -0.2) is 0 Å². The highest BCUT2D eigenvalue weighted by molar-refractivity contribution is 7.85. The third kappa shape index (κ3) is 9.03. The summed E-state index contributed by atoms with van der Waals surface area (Å²) in [6.07, 6.45) is 2.49. The van der Waals surface area contributed by atoms with Gasteiger partial charge in [0, 0.05) is 18.3 Å². The van der Waals surface area contributed by atoms with Crippen LogP contribution in [-0.4, -0.2) is 31.6 Å². The second-order valence-electron chi connectivity index (χ2n) is 2.60. The molecule has 0 rings (SSSR count). The molecule has 0 amide bonds. The highest BCUT2D eigenvalue weighted by atomic mass is 32.2. The van der Waals surface area contributed by atoms with Gasteiger partial charge in [-0.3, -0.25) is 9.35 Å². The van der Waals surface area contributed by atoms with Crippen LogP contribution >= 0.6 is 0 Å². The predicted molar refractivity (Wildman–Crippen MR) is 48.9 cm³/mol. The van der Waals surface area contributed by atoms with E-state index in [4.69, 9.17) is 4.55 Å². The Morgan fingerprint density at radius 3 is 2.62 bits per heavy atom. The second kappa shape index (κ2) is 5.71. The van der Waals surface area contributed by atoms with Gasteiger partial charge < -0.3 is 5.32 Å². The molecule has 0 aromatic carbocycles. The van der Waals surface area contributed by atoms with Gasteiger partial charge in [0.15, 0.2) is 0 Å². The number of carbonyl (C=O) groups excluding carboxylic acids is 1. The van der Waals surface area contributed by atoms with Crippen LogP contribution in [0.5, 0.6) is 0 Å². The van der Waals surface area contributed by atoms with Crippen LogP contribution in [-0.2, 0) is 14.9 Å². The van der Waals surface area contributed by atoms with Crippen molar-refractivity contribution < 1.29 is 17.8 Å². The maximum absolute atomic E-state index is 10.2. The monoisotopic (exact) mass is 207 g/mol. The highest BCUT2D eigenvalue weighted by Crippen LogP contribution is 1.87. The molecule has 0 fully saturated rings. The number of carbonyl (C=O) groups is 1. The van der Waals surface area contributed by atoms with Gasteiger partial charge in [0.05, 0.1) is 5.75 Å². The van der Waals surface area contributed by atoms with Gasteiger partial charge in [-0.1, -0.05) is 0 Å². The molecule has 0 bridgehead atoms. The first-order chi connectivity index (χ1) is 5.95. The standard InChI is InChI=1S/C7H13NO4S/c1-7(6-9)5-8-3-2-4-13(10,11)12/h5-6,8H,2-4H2,1H3,(H,10,11,12). The quantitative estimate of drug-likeness (QED) is 0.276. The lowest BCUT2D eigenvalue weighted by Gasteiger charge is -1.99. The fourth-order valence-corrected chi connectivity index (χ4v) is 1.13. The maximum Gasteiger partial charge on any atom is 0.264 e. The summed E-state index contributed by atoms with van der Waals surface area (Å²) in [6, 6.07) is 0. The van der Waals surface area contributed by atoms with E-state index in [1.807, 2.05) is 0 Å². The van der Waals surface area contributed by atoms with Crippen molar-refractivity contribution in [1.82, 2.24) is 5.32 Å². The molecule has 0 saturated carbocycles. The molecule has 76 valence electrons. The van der Waals surface area contributed by atoms with Crippen molar-refractivity contribution in [3.8, 4) is 0 Å². The second-order valence-corrected chi connectivity index (χ2v) is 4.17. The summed E-state index contributed by atoms with van der Waals surface area (Å²) in [7, 11) is -3.86. The van der Waals surface area contributed by atoms with Gasteiger partial charge >= 0.3 is 0 Å². The number of rotatable bonds is 6. The molecule has 0 spiro atoms. The minimum Gasteiger partial charge on any atom is -0.391 e. The zero-order chi connectivity index (χ0) is 10.3. The van der Waals surface area contributed by atoms with Crippen molar-refractivity contribution in [3.63, 3.8) is 0 Å². The lowest BCUT2D eigenvalue weighted by atomic mass is 10.4. The Labute approximate surface area is 77.6 Å². The largest absolute Gasteiger partial charge is 0.391 e. The van der Waals surface area contributed by atoms with E-state index in [1.165, 1.54) is 6.20 Å². The normalized spacial score (nSPS) is 12.6. The van der Waals surface area contributed by atoms with Gasteiger partial charge in [-0.05, 0) is 13.3 Å². The van der Waals surface area contributed by atoms with Gasteiger partial charge in [-0.15, -0.1) is 0 Å². The van der Waals surface area contributed by atoms with Gasteiger partial charge in [-0.2, -0.15) is 8.42 Å². The number of hydrogen-bond donors (Lipinski definition) is 2. The van der Waals surface area contributed by atoms with E-state index in [2.05, 4.69) is 5.32 Å². The summed E-state index contributed by atoms with van der Waals surface area (Å²) < 4.78 is 28.8. The minimum atomic E-state index is -3.86. The summed E-state index contributed by atoms with van der Waals surface area (Å²) in [6.45, 7) is 2.04. The zero-order valence-corrected chi connectivity index (χ0v) is 8.17. The topological polar surface area (TPSA) is 83.5 Å². The Morgan fingerprint density at radius 1 is 1.54 bits per heavy atom. The first-order valence-electron chi connectivity index (χ1n) is 3.76. The average molecular weight is 207 g/mol. The lowest BCUT2D eigenvalue weighted by molar-refractivity contribution is -0.104. The molecule has 0 saturated heterocycles. The summed E-state index contributed by atoms with van der Waals surface area (Å²) in [5.41, 5.74) is 0.534. The summed E-state index contributed by atoms with van der Waals surface area (Å²) in [5, 5.41) is 2.74. The molecule has 0 heterocycles. The van der Waals surface area contributed by atoms with Crippen LogP contribution in [0.2, 0.25) is 0 Å². The molecule has 0 aromatic rings. The molecule has 0 aliphatic rings. The van der Waals surface area contributed by atoms with Gasteiger partial charge in [0.25, 0.3) is 10.1 Å². The summed E-state index contributed by atoms with van der Waals surface area (Å²) in [4.78, 5) is 10.1. The zero-order valence-electron chi connectivity index (χ0n) is 7.36. The smallest absolute Gasteiger partial charge is 0.264 e. The van der Waals surface area contributed by atoms with E-state index in [-0.39, 0.29) is 5.75 Å². The maximum atomic E-state index is 10.2. The van der Waals surface area contributed by atoms with Crippen LogP contribution < -0.4 is 5.32 Å². The van der Waals surface area contributed by atoms with E-state index in [0.717, 1.165) is 0 Å². The molecule has 0 unspecified atom stereocenters. The molecule has 0 atom stereocenters. The molecule has 13 heavy (non-hydrogen) atoms. The fourth-order valence-electron chi connectivity index (χ4n) is 0.624. The van der Waals surface area contributed by atoms with E-state index >= 15 is 0 Å². The molecule has 0 aliphatic heterocycles. The fraction of sp³-hybridized carbons (Fsp3) is 0.571. The van der Waals surface area contributed by atoms with Crippen molar-refractivity contribution in [2.75, 3.05) is 12.3 Å². The molecule has 2 N–H and O–H groups in total. The third-order valence-corrected chi connectivity index (χ3v) is 2.04. The summed E-state index contributed by atoms with van der Waals surface area (Å²) in [5.74, 6) is -0.270. The van der Waals surface area contributed by atoms with Crippen LogP contribution in [0.25, 0.3) is 0 Å². The molecule has 0 aliphatic carbocycles. The number of allylic oxidation sites excluding steroid dienone is 1. The Hall–Kier alpha value is -0.880. The minimum absolute atomic E-state index is 0.270. The molecule has 0 radical (unpaired) electrons.